The van der Waals surface area contributed by atoms with E-state index in [2.05, 4.69) is 25.3 Å². The van der Waals surface area contributed by atoms with E-state index < -0.39 is 24.5 Å². The number of ether oxygens (including phenoxy) is 2. The molecular weight excluding hydrogens is 806 g/mol. The lowest BCUT2D eigenvalue weighted by Gasteiger charge is -2.25. The Labute approximate surface area is 325 Å². The first-order valence-corrected chi connectivity index (χ1v) is 24.5. The van der Waals surface area contributed by atoms with Crippen molar-refractivity contribution in [3.63, 3.8) is 0 Å². The summed E-state index contributed by atoms with van der Waals surface area (Å²) in [7, 11) is 3.77. The molecule has 3 aromatic rings. The molecule has 4 atom stereocenters. The monoisotopic (exact) mass is 843 g/mol. The summed E-state index contributed by atoms with van der Waals surface area (Å²) in [6, 6.07) is 22.2. The van der Waals surface area contributed by atoms with Crippen molar-refractivity contribution in [2.75, 3.05) is 21.1 Å². The van der Waals surface area contributed by atoms with Crippen LogP contribution in [0.5, 0.6) is 17.2 Å². The van der Waals surface area contributed by atoms with Crippen LogP contribution in [0.25, 0.3) is 10.4 Å². The summed E-state index contributed by atoms with van der Waals surface area (Å²) >= 11 is 28.3. The van der Waals surface area contributed by atoms with Crippen LogP contribution >= 0.6 is 41.3 Å². The number of hydrazone groups is 3. The van der Waals surface area contributed by atoms with E-state index in [1.54, 1.807) is 61.4 Å². The van der Waals surface area contributed by atoms with Crippen LogP contribution in [0, 0.1) is 0 Å². The predicted molar refractivity (Wildman–Crippen MR) is 224 cm³/mol. The summed E-state index contributed by atoms with van der Waals surface area (Å²) in [4.78, 5) is 0.260. The van der Waals surface area contributed by atoms with Crippen molar-refractivity contribution in [1.82, 2.24) is 14.3 Å². The number of azide groups is 1. The van der Waals surface area contributed by atoms with E-state index in [1.165, 1.54) is 4.78 Å². The number of benzene rings is 3. The Bertz CT molecular complexity index is 1830. The first-order valence-electron chi connectivity index (χ1n) is 15.3. The molecule has 51 heavy (non-hydrogen) atoms. The van der Waals surface area contributed by atoms with Crippen LogP contribution in [0.3, 0.4) is 0 Å². The Morgan fingerprint density at radius 1 is 0.843 bits per heavy atom. The first kappa shape index (κ1) is 42.5. The van der Waals surface area contributed by atoms with Crippen molar-refractivity contribution in [3.8, 4) is 17.2 Å². The van der Waals surface area contributed by atoms with Crippen LogP contribution in [0.15, 0.2) is 93.2 Å². The predicted octanol–water partition coefficient (Wildman–Crippen LogP) is 10.5. The Kier molecular flexibility index (Phi) is 16.9. The second-order valence-corrected chi connectivity index (χ2v) is 23.8. The fraction of sp³-hybridized carbons (Fsp3) is 0.323. The maximum atomic E-state index is 8.88. The van der Waals surface area contributed by atoms with Gasteiger partial charge in [-0.3, -0.25) is 4.52 Å². The number of hydrogen-bond acceptors (Lipinski definition) is 10. The zero-order valence-electron chi connectivity index (χ0n) is 28.7. The van der Waals surface area contributed by atoms with E-state index in [0.29, 0.717) is 23.7 Å². The zero-order chi connectivity index (χ0) is 37.6. The molecule has 0 aliphatic heterocycles. The fourth-order valence-corrected chi connectivity index (χ4v) is 6.60. The highest BCUT2D eigenvalue weighted by molar-refractivity contribution is 8.37. The smallest absolute Gasteiger partial charge is 0.481 e. The van der Waals surface area contributed by atoms with Gasteiger partial charge in [-0.25, -0.2) is 4.78 Å². The van der Waals surface area contributed by atoms with Crippen molar-refractivity contribution in [3.05, 3.63) is 99.9 Å². The highest BCUT2D eigenvalue weighted by Crippen LogP contribution is 2.59. The summed E-state index contributed by atoms with van der Waals surface area (Å²) in [6.07, 6.45) is 6.47. The Balaban J connectivity index is 1.48. The first-order chi connectivity index (χ1) is 24.1. The number of rotatable bonds is 19. The van der Waals surface area contributed by atoms with Crippen molar-refractivity contribution in [1.29, 1.82) is 0 Å². The van der Waals surface area contributed by atoms with E-state index in [-0.39, 0.29) is 5.85 Å². The van der Waals surface area contributed by atoms with Crippen molar-refractivity contribution < 1.29 is 14.0 Å². The average Bonchev–Trinajstić information content (AvgIpc) is 3.09. The Morgan fingerprint density at radius 3 is 1.80 bits per heavy atom. The highest BCUT2D eigenvalue weighted by Gasteiger charge is 2.28. The molecule has 0 aromatic heterocycles. The molecule has 0 bridgehead atoms. The van der Waals surface area contributed by atoms with Crippen LogP contribution in [-0.4, -0.2) is 65.7 Å². The van der Waals surface area contributed by atoms with Gasteiger partial charge in [0.2, 0.25) is 16.7 Å². The maximum Gasteiger partial charge on any atom is 0.540 e. The van der Waals surface area contributed by atoms with Gasteiger partial charge >= 0.3 is 13.9 Å². The molecule has 270 valence electrons. The van der Waals surface area contributed by atoms with Gasteiger partial charge in [-0.15, -0.1) is 15.0 Å². The lowest BCUT2D eigenvalue weighted by atomic mass is 10.1. The summed E-state index contributed by atoms with van der Waals surface area (Å²) in [5.41, 5.74) is 10.5. The molecular formula is C31H38Cl2N9O3P3S3+2. The third-order valence-electron chi connectivity index (χ3n) is 6.73. The van der Waals surface area contributed by atoms with E-state index in [9.17, 15) is 0 Å². The molecule has 3 aromatic carbocycles. The van der Waals surface area contributed by atoms with Gasteiger partial charge in [0.15, 0.2) is 23.3 Å². The molecule has 3 rings (SSSR count). The van der Waals surface area contributed by atoms with Gasteiger partial charge in [-0.05, 0) is 148 Å². The van der Waals surface area contributed by atoms with Gasteiger partial charge in [0.1, 0.15) is 11.5 Å². The molecule has 0 amide bonds. The van der Waals surface area contributed by atoms with Crippen LogP contribution in [0.2, 0.25) is 0 Å². The van der Waals surface area contributed by atoms with Crippen LogP contribution < -0.4 is 14.0 Å². The molecule has 0 N–H and O–H groups in total. The van der Waals surface area contributed by atoms with Crippen molar-refractivity contribution in [2.24, 2.45) is 20.4 Å². The standard InChI is InChI=1S/C31H38Cl2N9O3P3S3/c1-7-20-31(3,38-39-34)44-29-16-10-25(11-17-29)22-36-41(5)47(50)45-30-18-12-26(13-19-30)21-35-40(4)46(49)24(2)43-28-14-8-27(9-15-28)23-37-42(6)48(32,33)51/h8-19,21-24H,7,20H2,1-6H3/q+2/b35-21+,36-22+,37-23+. The minimum absolute atomic E-state index is 0.270. The van der Waals surface area contributed by atoms with Gasteiger partial charge in [0.25, 0.3) is 5.85 Å². The SMILES string of the molecule is CCCC(C)(N=[N+]=[N-])Oc1ccc(/C=N/N(C)[P+](=S)Oc2ccc(/C=N/N(C)[P+](=S)C(C)Oc3ccc(/C=N/N(C)P(=S)(Cl)Cl)cc3)cc2)cc1. The summed E-state index contributed by atoms with van der Waals surface area (Å²) < 4.78 is 22.7. The highest BCUT2D eigenvalue weighted by atomic mass is 35.9. The molecule has 12 nitrogen and oxygen atoms in total. The van der Waals surface area contributed by atoms with Crippen molar-refractivity contribution >= 4 is 95.4 Å². The molecule has 0 aliphatic carbocycles. The maximum absolute atomic E-state index is 8.88. The molecule has 0 spiro atoms. The number of nitrogens with zero attached hydrogens (tertiary/aromatic N) is 9. The molecule has 0 aliphatic rings. The van der Waals surface area contributed by atoms with Crippen LogP contribution in [-0.2, 0) is 35.4 Å². The fourth-order valence-electron chi connectivity index (χ4n) is 4.03. The normalized spacial score (nSPS) is 14.0. The third kappa shape index (κ3) is 14.5. The largest absolute Gasteiger partial charge is 0.540 e. The molecule has 20 heteroatoms. The van der Waals surface area contributed by atoms with E-state index >= 15 is 0 Å². The van der Waals surface area contributed by atoms with Gasteiger partial charge in [-0.1, -0.05) is 18.1 Å². The summed E-state index contributed by atoms with van der Waals surface area (Å²) in [5.74, 6) is 1.62. The minimum atomic E-state index is -2.66. The number of halogens is 2. The van der Waals surface area contributed by atoms with E-state index in [0.717, 1.165) is 23.1 Å². The van der Waals surface area contributed by atoms with Gasteiger partial charge in [0, 0.05) is 18.9 Å². The topological polar surface area (TPSA) is 123 Å². The minimum Gasteiger partial charge on any atom is -0.481 e. The Morgan fingerprint density at radius 2 is 1.31 bits per heavy atom. The molecule has 0 heterocycles. The number of hydrogen-bond donors (Lipinski definition) is 0. The summed E-state index contributed by atoms with van der Waals surface area (Å²) in [6.45, 7) is 4.53. The quantitative estimate of drug-likeness (QED) is 0.0290. The average molecular weight is 845 g/mol. The molecule has 0 saturated heterocycles. The van der Waals surface area contributed by atoms with E-state index in [1.807, 2.05) is 81.6 Å². The zero-order valence-corrected chi connectivity index (χ0v) is 35.4. The third-order valence-corrected chi connectivity index (χ3v) is 14.4. The molecule has 0 fully saturated rings. The lowest BCUT2D eigenvalue weighted by molar-refractivity contribution is 0.0857. The Hall–Kier alpha value is -2.95. The van der Waals surface area contributed by atoms with Gasteiger partial charge in [-0.2, -0.15) is 5.10 Å². The van der Waals surface area contributed by atoms with Crippen LogP contribution in [0.4, 0.5) is 0 Å². The molecule has 0 radical (unpaired) electrons. The van der Waals surface area contributed by atoms with Gasteiger partial charge in [0.05, 0.1) is 32.7 Å². The molecule has 0 saturated carbocycles. The molecule has 4 unspecified atom stereocenters. The lowest BCUT2D eigenvalue weighted by Crippen LogP contribution is -2.28. The van der Waals surface area contributed by atoms with E-state index in [4.69, 9.17) is 77.4 Å². The van der Waals surface area contributed by atoms with Crippen molar-refractivity contribution in [2.45, 2.75) is 45.2 Å². The summed E-state index contributed by atoms with van der Waals surface area (Å²) in [5, 5.41) is 17.0. The second-order valence-electron chi connectivity index (χ2n) is 10.9. The van der Waals surface area contributed by atoms with Gasteiger partial charge < -0.3 is 9.47 Å². The second kappa shape index (κ2) is 20.3. The van der Waals surface area contributed by atoms with Crippen LogP contribution in [0.1, 0.15) is 50.3 Å².